The number of nitrogens with zero attached hydrogens (tertiary/aromatic N) is 4. The maximum absolute atomic E-state index is 6.34. The van der Waals surface area contributed by atoms with E-state index in [1.54, 1.807) is 0 Å². The van der Waals surface area contributed by atoms with E-state index in [0.717, 1.165) is 123 Å². The van der Waals surface area contributed by atoms with Crippen LogP contribution in [0.3, 0.4) is 0 Å². The fourth-order valence-electron chi connectivity index (χ4n) is 18.3. The molecule has 0 amide bonds. The highest BCUT2D eigenvalue weighted by molar-refractivity contribution is 7.26. The van der Waals surface area contributed by atoms with Crippen molar-refractivity contribution in [2.45, 2.75) is 28.7 Å². The zero-order chi connectivity index (χ0) is 78.1. The summed E-state index contributed by atoms with van der Waals surface area (Å²) in [6, 6.07) is 146. The first-order valence-electron chi connectivity index (χ1n) is 40.2. The molecule has 0 saturated heterocycles. The third-order valence-electron chi connectivity index (χ3n) is 23.7. The normalized spacial score (nSPS) is 11.6. The van der Waals surface area contributed by atoms with E-state index in [1.807, 2.05) is 22.7 Å². The van der Waals surface area contributed by atoms with Crippen molar-refractivity contribution in [3.63, 3.8) is 0 Å². The molecular weight excluding hydrogens is 1500 g/mol. The van der Waals surface area contributed by atoms with Crippen LogP contribution in [0.15, 0.2) is 409 Å². The van der Waals surface area contributed by atoms with Gasteiger partial charge in [-0.3, -0.25) is 0 Å². The summed E-state index contributed by atoms with van der Waals surface area (Å²) < 4.78 is 17.9. The summed E-state index contributed by atoms with van der Waals surface area (Å²) in [5.74, 6) is 0. The number of rotatable bonds is 12. The number of anilines is 12. The minimum Gasteiger partial charge on any atom is -0.456 e. The zero-order valence-electron chi connectivity index (χ0n) is 64.5. The molecule has 0 saturated carbocycles. The molecule has 24 rings (SSSR count). The molecule has 120 heavy (non-hydrogen) atoms. The summed E-state index contributed by atoms with van der Waals surface area (Å²) in [5, 5.41) is 24.0. The number of fused-ring (bicyclic) bond motifs is 22. The van der Waals surface area contributed by atoms with Gasteiger partial charge in [0.2, 0.25) is 0 Å². The van der Waals surface area contributed by atoms with Gasteiger partial charge >= 0.3 is 0 Å². The molecule has 6 nitrogen and oxygen atoms in total. The molecule has 0 radical (unpaired) electrons. The predicted octanol–water partition coefficient (Wildman–Crippen LogP) is 34.6. The Morgan fingerprint density at radius 1 is 0.167 bits per heavy atom. The van der Waals surface area contributed by atoms with Crippen molar-refractivity contribution < 1.29 is 8.83 Å². The Morgan fingerprint density at radius 3 is 0.692 bits per heavy atom. The van der Waals surface area contributed by atoms with Gasteiger partial charge in [0.05, 0.1) is 22.7 Å². The van der Waals surface area contributed by atoms with Crippen molar-refractivity contribution in [2.24, 2.45) is 0 Å². The van der Waals surface area contributed by atoms with Gasteiger partial charge in [0.15, 0.2) is 0 Å². The molecule has 0 bridgehead atoms. The Kier molecular flexibility index (Phi) is 18.1. The van der Waals surface area contributed by atoms with Crippen molar-refractivity contribution in [1.82, 2.24) is 0 Å². The van der Waals surface area contributed by atoms with E-state index < -0.39 is 0 Å². The highest BCUT2D eigenvalue weighted by Crippen LogP contribution is 2.53. The van der Waals surface area contributed by atoms with E-state index in [4.69, 9.17) is 8.83 Å². The first-order chi connectivity index (χ1) is 58.3. The van der Waals surface area contributed by atoms with Gasteiger partial charge in [0.1, 0.15) is 22.3 Å². The SMILES string of the molecule is C.C.Cc1ccc2oc3ccc(N(c4ccccc4)c4cc5c6ccccc6c(N(c6ccccc6)c6ccc7oc8ccc(C)cc8c7c6)cc5c5ccccc45)cc3c2c1.c1ccc(N(c2ccc3sc4ccccc4c3c2)c2cc3c4ccccc4c(N(c4ccccc4)c4ccc5sc6ccccc6c5c4)cc3c3ccccc23)cc1. The molecule has 4 heterocycles. The summed E-state index contributed by atoms with van der Waals surface area (Å²) in [4.78, 5) is 9.71. The largest absolute Gasteiger partial charge is 0.456 e. The van der Waals surface area contributed by atoms with Gasteiger partial charge in [-0.2, -0.15) is 0 Å². The molecule has 0 fully saturated rings. The summed E-state index contributed by atoms with van der Waals surface area (Å²) >= 11 is 3.72. The van der Waals surface area contributed by atoms with Crippen LogP contribution < -0.4 is 19.6 Å². The Bertz CT molecular complexity index is 7650. The van der Waals surface area contributed by atoms with Crippen molar-refractivity contribution in [3.8, 4) is 0 Å². The van der Waals surface area contributed by atoms with Crippen LogP contribution >= 0.6 is 22.7 Å². The van der Waals surface area contributed by atoms with Crippen LogP contribution in [0.5, 0.6) is 0 Å². The fraction of sp³-hybridized carbons (Fsp3) is 0.0357. The molecule has 8 heteroatoms. The fourth-order valence-corrected chi connectivity index (χ4v) is 20.5. The minimum absolute atomic E-state index is 0. The summed E-state index contributed by atoms with van der Waals surface area (Å²) in [6.45, 7) is 4.27. The molecular formula is C112H80N4O2S2. The highest BCUT2D eigenvalue weighted by atomic mass is 32.1. The molecule has 572 valence electrons. The predicted molar refractivity (Wildman–Crippen MR) is 520 cm³/mol. The number of benzene rings is 20. The molecule has 0 aliphatic heterocycles. The summed E-state index contributed by atoms with van der Waals surface area (Å²) in [6.07, 6.45) is 0. The van der Waals surface area contributed by atoms with Gasteiger partial charge in [0.25, 0.3) is 0 Å². The molecule has 0 spiro atoms. The monoisotopic (exact) mass is 1580 g/mol. The minimum atomic E-state index is 0. The number of furan rings is 2. The molecule has 0 N–H and O–H groups in total. The number of aryl methyl sites for hydroxylation is 2. The van der Waals surface area contributed by atoms with Gasteiger partial charge in [-0.15, -0.1) is 22.7 Å². The Balaban J connectivity index is 0.000000146. The molecule has 0 atom stereocenters. The van der Waals surface area contributed by atoms with Crippen molar-refractivity contribution >= 4 is 240 Å². The molecule has 0 aliphatic rings. The highest BCUT2D eigenvalue weighted by Gasteiger charge is 2.27. The third kappa shape index (κ3) is 12.2. The maximum atomic E-state index is 6.34. The van der Waals surface area contributed by atoms with Gasteiger partial charge in [-0.1, -0.05) is 244 Å². The molecule has 0 aliphatic carbocycles. The second kappa shape index (κ2) is 29.7. The van der Waals surface area contributed by atoms with Crippen LogP contribution in [0.1, 0.15) is 26.0 Å². The first-order valence-corrected chi connectivity index (χ1v) is 41.8. The Labute approximate surface area is 703 Å². The van der Waals surface area contributed by atoms with Crippen molar-refractivity contribution in [1.29, 1.82) is 0 Å². The smallest absolute Gasteiger partial charge is 0.135 e. The van der Waals surface area contributed by atoms with Crippen LogP contribution in [-0.4, -0.2) is 0 Å². The lowest BCUT2D eigenvalue weighted by Crippen LogP contribution is -2.11. The first kappa shape index (κ1) is 72.9. The summed E-state index contributed by atoms with van der Waals surface area (Å²) in [5.41, 5.74) is 19.3. The molecule has 4 aromatic heterocycles. The van der Waals surface area contributed by atoms with E-state index in [2.05, 4.69) is 434 Å². The summed E-state index contributed by atoms with van der Waals surface area (Å²) in [7, 11) is 0. The Morgan fingerprint density at radius 2 is 0.392 bits per heavy atom. The van der Waals surface area contributed by atoms with Gasteiger partial charge < -0.3 is 28.4 Å². The number of thiophene rings is 2. The quantitative estimate of drug-likeness (QED) is 0.114. The van der Waals surface area contributed by atoms with Gasteiger partial charge in [0, 0.05) is 129 Å². The van der Waals surface area contributed by atoms with Crippen LogP contribution in [-0.2, 0) is 0 Å². The van der Waals surface area contributed by atoms with E-state index >= 15 is 0 Å². The maximum Gasteiger partial charge on any atom is 0.135 e. The van der Waals surface area contributed by atoms with Crippen molar-refractivity contribution in [3.05, 3.63) is 412 Å². The Hall–Kier alpha value is -14.8. The average Bonchev–Trinajstić information content (AvgIpc) is 0.938. The zero-order valence-corrected chi connectivity index (χ0v) is 66.2. The van der Waals surface area contributed by atoms with E-state index in [9.17, 15) is 0 Å². The number of hydrogen-bond donors (Lipinski definition) is 0. The van der Waals surface area contributed by atoms with Crippen LogP contribution in [0.25, 0.3) is 149 Å². The second-order valence-corrected chi connectivity index (χ2v) is 32.9. The molecule has 0 unspecified atom stereocenters. The van der Waals surface area contributed by atoms with Crippen molar-refractivity contribution in [2.75, 3.05) is 19.6 Å². The topological polar surface area (TPSA) is 39.2 Å². The van der Waals surface area contributed by atoms with Crippen LogP contribution in [0.4, 0.5) is 68.2 Å². The van der Waals surface area contributed by atoms with Crippen LogP contribution in [0.2, 0.25) is 0 Å². The van der Waals surface area contributed by atoms with E-state index in [-0.39, 0.29) is 14.9 Å². The van der Waals surface area contributed by atoms with Crippen LogP contribution in [0, 0.1) is 13.8 Å². The lowest BCUT2D eigenvalue weighted by Gasteiger charge is -2.30. The second-order valence-electron chi connectivity index (χ2n) is 30.8. The standard InChI is InChI=1S/C56H38N2O2.C54H34N2S2.2CH4/c1-35-21-25-53-47(29-35)49-31-39(23-27-55(49)59-53)57(37-13-5-3-6-14-37)51-33-45-42-18-10-12-20-44(42)52(34-46(45)41-17-9-11-19-43(41)51)58(38-15-7-4-8-16-38)40-24-28-56-50(32-40)48-30-36(2)22-26-54(48)60-56;1-3-15-35(16-4-1)55(37-27-29-53-47(31-37)43-23-11-13-25-51(43)57-53)49-33-45-40-20-8-10-22-42(40)50(34-46(45)39-19-7-9-21-41(39)49)56(36-17-5-2-6-18-36)38-28-30-54-48(32-38)44-24-12-14-26-52(44)58-54;;/h3-34H,1-2H3;1-34H;2*1H4. The lowest BCUT2D eigenvalue weighted by atomic mass is 9.93. The van der Waals surface area contributed by atoms with E-state index in [1.165, 1.54) is 105 Å². The van der Waals surface area contributed by atoms with Gasteiger partial charge in [-0.05, 0) is 239 Å². The lowest BCUT2D eigenvalue weighted by molar-refractivity contribution is 0.668. The number of para-hydroxylation sites is 4. The average molecular weight is 1580 g/mol. The number of hydrogen-bond acceptors (Lipinski definition) is 8. The molecule has 20 aromatic carbocycles. The van der Waals surface area contributed by atoms with E-state index in [0.29, 0.717) is 0 Å². The molecule has 24 aromatic rings. The third-order valence-corrected chi connectivity index (χ3v) is 26.0. The van der Waals surface area contributed by atoms with Gasteiger partial charge in [-0.25, -0.2) is 0 Å².